The minimum atomic E-state index is 0.517. The Labute approximate surface area is 119 Å². The first-order valence-electron chi connectivity index (χ1n) is 8.08. The van der Waals surface area contributed by atoms with E-state index in [1.165, 1.54) is 45.3 Å². The third kappa shape index (κ3) is 3.50. The van der Waals surface area contributed by atoms with Gasteiger partial charge in [-0.15, -0.1) is 0 Å². The summed E-state index contributed by atoms with van der Waals surface area (Å²) in [5, 5.41) is 3.58. The molecule has 3 nitrogen and oxygen atoms in total. The van der Waals surface area contributed by atoms with Gasteiger partial charge >= 0.3 is 0 Å². The molecule has 1 N–H and O–H groups in total. The zero-order chi connectivity index (χ0) is 14.0. The summed E-state index contributed by atoms with van der Waals surface area (Å²) in [5.74, 6) is 0. The van der Waals surface area contributed by atoms with E-state index in [0.29, 0.717) is 11.5 Å². The Balaban J connectivity index is 2.05. The molecule has 0 amide bonds. The Morgan fingerprint density at radius 3 is 2.63 bits per heavy atom. The molecule has 1 saturated heterocycles. The van der Waals surface area contributed by atoms with E-state index in [1.54, 1.807) is 0 Å². The topological polar surface area (TPSA) is 18.5 Å². The second-order valence-electron chi connectivity index (χ2n) is 7.41. The molecule has 1 aliphatic heterocycles. The van der Waals surface area contributed by atoms with Gasteiger partial charge in [0.1, 0.15) is 0 Å². The Hall–Kier alpha value is -0.120. The average molecular weight is 267 g/mol. The normalized spacial score (nSPS) is 37.4. The number of likely N-dealkylation sites (N-methyl/N-ethyl adjacent to an activating group) is 2. The number of hydrogen-bond acceptors (Lipinski definition) is 3. The molecule has 0 spiro atoms. The Bertz CT molecular complexity index is 290. The van der Waals surface area contributed by atoms with Crippen LogP contribution in [0.1, 0.15) is 46.5 Å². The van der Waals surface area contributed by atoms with Gasteiger partial charge in [0.15, 0.2) is 0 Å². The van der Waals surface area contributed by atoms with Crippen LogP contribution < -0.4 is 5.32 Å². The molecule has 3 unspecified atom stereocenters. The number of nitrogens with zero attached hydrogens (tertiary/aromatic N) is 2. The van der Waals surface area contributed by atoms with Crippen molar-refractivity contribution in [2.45, 2.75) is 64.6 Å². The van der Waals surface area contributed by atoms with Crippen molar-refractivity contribution in [3.8, 4) is 0 Å². The molecule has 0 aromatic carbocycles. The largest absolute Gasteiger partial charge is 0.315 e. The summed E-state index contributed by atoms with van der Waals surface area (Å²) in [6.07, 6.45) is 5.31. The fourth-order valence-corrected chi connectivity index (χ4v) is 3.98. The highest BCUT2D eigenvalue weighted by Crippen LogP contribution is 2.38. The van der Waals surface area contributed by atoms with Crippen molar-refractivity contribution >= 4 is 0 Å². The summed E-state index contributed by atoms with van der Waals surface area (Å²) in [6.45, 7) is 10.9. The third-order valence-corrected chi connectivity index (χ3v) is 5.48. The van der Waals surface area contributed by atoms with E-state index < -0.39 is 0 Å². The van der Waals surface area contributed by atoms with Crippen LogP contribution >= 0.6 is 0 Å². The quantitative estimate of drug-likeness (QED) is 0.845. The maximum Gasteiger partial charge on any atom is 0.0255 e. The van der Waals surface area contributed by atoms with E-state index in [1.807, 2.05) is 0 Å². The molecule has 3 atom stereocenters. The van der Waals surface area contributed by atoms with Crippen LogP contribution in [-0.4, -0.2) is 61.7 Å². The zero-order valence-electron chi connectivity index (χ0n) is 13.6. The van der Waals surface area contributed by atoms with E-state index in [4.69, 9.17) is 0 Å². The van der Waals surface area contributed by atoms with Crippen molar-refractivity contribution in [2.24, 2.45) is 5.41 Å². The fourth-order valence-electron chi connectivity index (χ4n) is 3.98. The first-order chi connectivity index (χ1) is 8.96. The minimum absolute atomic E-state index is 0.517. The van der Waals surface area contributed by atoms with Gasteiger partial charge in [0.2, 0.25) is 0 Å². The molecule has 1 heterocycles. The maximum absolute atomic E-state index is 3.58. The summed E-state index contributed by atoms with van der Waals surface area (Å²) in [5.41, 5.74) is 0.517. The lowest BCUT2D eigenvalue weighted by Gasteiger charge is -2.50. The average Bonchev–Trinajstić information content (AvgIpc) is 2.38. The monoisotopic (exact) mass is 267 g/mol. The molecule has 1 aliphatic carbocycles. The SMILES string of the molecule is CCC1CN(C2CC(C)(C)CCC2NC)CCN1C. The van der Waals surface area contributed by atoms with E-state index in [2.05, 4.69) is 50.0 Å². The molecule has 1 saturated carbocycles. The van der Waals surface area contributed by atoms with Crippen molar-refractivity contribution in [3.05, 3.63) is 0 Å². The van der Waals surface area contributed by atoms with Gasteiger partial charge in [0.05, 0.1) is 0 Å². The molecule has 2 aliphatic rings. The maximum atomic E-state index is 3.58. The molecule has 3 heteroatoms. The summed E-state index contributed by atoms with van der Waals surface area (Å²) in [6, 6.07) is 2.17. The predicted molar refractivity (Wildman–Crippen MR) is 82.5 cm³/mol. The van der Waals surface area contributed by atoms with Crippen LogP contribution in [0.15, 0.2) is 0 Å². The number of nitrogens with one attached hydrogen (secondary N) is 1. The summed E-state index contributed by atoms with van der Waals surface area (Å²) in [4.78, 5) is 5.31. The standard InChI is InChI=1S/C16H33N3/c1-6-13-12-19(10-9-18(13)5)15-11-16(2,3)8-7-14(15)17-4/h13-15,17H,6-12H2,1-5H3. The van der Waals surface area contributed by atoms with Gasteiger partial charge in [-0.3, -0.25) is 4.90 Å². The number of hydrogen-bond donors (Lipinski definition) is 1. The highest BCUT2D eigenvalue weighted by atomic mass is 15.3. The summed E-state index contributed by atoms with van der Waals surface area (Å²) >= 11 is 0. The van der Waals surface area contributed by atoms with Crippen molar-refractivity contribution in [1.29, 1.82) is 0 Å². The summed E-state index contributed by atoms with van der Waals surface area (Å²) < 4.78 is 0. The van der Waals surface area contributed by atoms with E-state index in [-0.39, 0.29) is 0 Å². The van der Waals surface area contributed by atoms with Crippen LogP contribution in [0.25, 0.3) is 0 Å². The van der Waals surface area contributed by atoms with E-state index in [0.717, 1.165) is 12.1 Å². The summed E-state index contributed by atoms with van der Waals surface area (Å²) in [7, 11) is 4.43. The van der Waals surface area contributed by atoms with Crippen molar-refractivity contribution in [1.82, 2.24) is 15.1 Å². The zero-order valence-corrected chi connectivity index (χ0v) is 13.6. The molecule has 0 aromatic rings. The fraction of sp³-hybridized carbons (Fsp3) is 1.00. The van der Waals surface area contributed by atoms with Gasteiger partial charge < -0.3 is 10.2 Å². The first kappa shape index (κ1) is 15.3. The first-order valence-corrected chi connectivity index (χ1v) is 8.08. The molecule has 112 valence electrons. The van der Waals surface area contributed by atoms with Crippen LogP contribution in [0.4, 0.5) is 0 Å². The Morgan fingerprint density at radius 2 is 2.00 bits per heavy atom. The molecule has 2 fully saturated rings. The lowest BCUT2D eigenvalue weighted by molar-refractivity contribution is 0.0117. The predicted octanol–water partition coefficient (Wildman–Crippen LogP) is 2.18. The highest BCUT2D eigenvalue weighted by Gasteiger charge is 2.39. The number of rotatable bonds is 3. The van der Waals surface area contributed by atoms with Crippen LogP contribution in [0.2, 0.25) is 0 Å². The van der Waals surface area contributed by atoms with Crippen LogP contribution in [0, 0.1) is 5.41 Å². The van der Waals surface area contributed by atoms with Gasteiger partial charge in [0, 0.05) is 37.8 Å². The molecular weight excluding hydrogens is 234 g/mol. The molecule has 0 radical (unpaired) electrons. The smallest absolute Gasteiger partial charge is 0.0255 e. The molecule has 0 bridgehead atoms. The van der Waals surface area contributed by atoms with Gasteiger partial charge in [-0.25, -0.2) is 0 Å². The molecular formula is C16H33N3. The van der Waals surface area contributed by atoms with Crippen LogP contribution in [0.3, 0.4) is 0 Å². The van der Waals surface area contributed by atoms with Gasteiger partial charge in [-0.2, -0.15) is 0 Å². The van der Waals surface area contributed by atoms with Crippen LogP contribution in [-0.2, 0) is 0 Å². The van der Waals surface area contributed by atoms with E-state index in [9.17, 15) is 0 Å². The second kappa shape index (κ2) is 6.11. The van der Waals surface area contributed by atoms with E-state index >= 15 is 0 Å². The minimum Gasteiger partial charge on any atom is -0.315 e. The van der Waals surface area contributed by atoms with Crippen molar-refractivity contribution in [2.75, 3.05) is 33.7 Å². The third-order valence-electron chi connectivity index (χ3n) is 5.48. The Morgan fingerprint density at radius 1 is 1.26 bits per heavy atom. The van der Waals surface area contributed by atoms with Crippen molar-refractivity contribution in [3.63, 3.8) is 0 Å². The van der Waals surface area contributed by atoms with Gasteiger partial charge in [0.25, 0.3) is 0 Å². The lowest BCUT2D eigenvalue weighted by Crippen LogP contribution is -2.60. The highest BCUT2D eigenvalue weighted by molar-refractivity contribution is 4.96. The number of piperazine rings is 1. The second-order valence-corrected chi connectivity index (χ2v) is 7.41. The Kier molecular flexibility index (Phi) is 4.91. The van der Waals surface area contributed by atoms with Gasteiger partial charge in [-0.1, -0.05) is 20.8 Å². The van der Waals surface area contributed by atoms with Crippen molar-refractivity contribution < 1.29 is 0 Å². The molecule has 19 heavy (non-hydrogen) atoms. The van der Waals surface area contributed by atoms with Crippen LogP contribution in [0.5, 0.6) is 0 Å². The lowest BCUT2D eigenvalue weighted by atomic mass is 9.72. The molecule has 2 rings (SSSR count). The molecule has 0 aromatic heterocycles. The van der Waals surface area contributed by atoms with Gasteiger partial charge in [-0.05, 0) is 45.2 Å².